The van der Waals surface area contributed by atoms with E-state index < -0.39 is 6.43 Å². The maximum Gasteiger partial charge on any atom is 0.310 e. The zero-order valence-corrected chi connectivity index (χ0v) is 11.6. The number of aromatic nitrogens is 1. The average Bonchev–Trinajstić information content (AvgIpc) is 2.22. The van der Waals surface area contributed by atoms with Crippen LogP contribution in [-0.4, -0.2) is 17.6 Å². The molecule has 1 heterocycles. The second-order valence-electron chi connectivity index (χ2n) is 3.38. The Kier molecular flexibility index (Phi) is 5.23. The third-order valence-electron chi connectivity index (χ3n) is 2.15. The molecular formula is C11H12F2INO2. The van der Waals surface area contributed by atoms with Crippen LogP contribution in [0.3, 0.4) is 0 Å². The van der Waals surface area contributed by atoms with Gasteiger partial charge in [0.05, 0.1) is 13.0 Å². The largest absolute Gasteiger partial charge is 0.466 e. The van der Waals surface area contributed by atoms with Crippen LogP contribution in [0.4, 0.5) is 8.78 Å². The minimum Gasteiger partial charge on any atom is -0.466 e. The van der Waals surface area contributed by atoms with E-state index in [4.69, 9.17) is 4.74 Å². The standard InChI is InChI=1S/C11H12F2INO2/c1-3-17-9(16)5-7-4-8(14)10(11(12)13)15-6(7)2/h4,11H,3,5H2,1-2H3. The molecule has 0 fully saturated rings. The van der Waals surface area contributed by atoms with Gasteiger partial charge in [-0.2, -0.15) is 0 Å². The van der Waals surface area contributed by atoms with Gasteiger partial charge in [0.2, 0.25) is 0 Å². The van der Waals surface area contributed by atoms with Gasteiger partial charge in [0.1, 0.15) is 5.69 Å². The van der Waals surface area contributed by atoms with Gasteiger partial charge in [-0.25, -0.2) is 8.78 Å². The Morgan fingerprint density at radius 3 is 2.76 bits per heavy atom. The minimum absolute atomic E-state index is 0.0617. The summed E-state index contributed by atoms with van der Waals surface area (Å²) in [6.45, 7) is 3.63. The highest BCUT2D eigenvalue weighted by atomic mass is 127. The van der Waals surface area contributed by atoms with Crippen molar-refractivity contribution in [1.82, 2.24) is 4.98 Å². The number of alkyl halides is 2. The molecule has 94 valence electrons. The molecule has 0 bridgehead atoms. The smallest absolute Gasteiger partial charge is 0.310 e. The molecule has 0 spiro atoms. The van der Waals surface area contributed by atoms with Gasteiger partial charge < -0.3 is 4.74 Å². The van der Waals surface area contributed by atoms with Gasteiger partial charge in [0, 0.05) is 9.26 Å². The number of pyridine rings is 1. The Morgan fingerprint density at radius 1 is 1.59 bits per heavy atom. The Balaban J connectivity index is 2.95. The van der Waals surface area contributed by atoms with Crippen LogP contribution in [0.2, 0.25) is 0 Å². The number of carbonyl (C=O) groups excluding carboxylic acids is 1. The summed E-state index contributed by atoms with van der Waals surface area (Å²) in [4.78, 5) is 15.1. The fourth-order valence-electron chi connectivity index (χ4n) is 1.34. The molecular weight excluding hydrogens is 343 g/mol. The number of aryl methyl sites for hydroxylation is 1. The van der Waals surface area contributed by atoms with E-state index in [9.17, 15) is 13.6 Å². The zero-order valence-electron chi connectivity index (χ0n) is 9.47. The maximum absolute atomic E-state index is 12.6. The summed E-state index contributed by atoms with van der Waals surface area (Å²) in [5, 5.41) is 0. The van der Waals surface area contributed by atoms with Crippen LogP contribution in [0.15, 0.2) is 6.07 Å². The van der Waals surface area contributed by atoms with Crippen molar-refractivity contribution < 1.29 is 18.3 Å². The maximum atomic E-state index is 12.6. The molecule has 0 N–H and O–H groups in total. The Hall–Kier alpha value is -0.790. The van der Waals surface area contributed by atoms with Gasteiger partial charge in [0.25, 0.3) is 6.43 Å². The lowest BCUT2D eigenvalue weighted by Crippen LogP contribution is -2.10. The van der Waals surface area contributed by atoms with E-state index in [-0.39, 0.29) is 18.1 Å². The van der Waals surface area contributed by atoms with Crippen LogP contribution < -0.4 is 0 Å². The molecule has 0 unspecified atom stereocenters. The molecule has 0 saturated carbocycles. The van der Waals surface area contributed by atoms with Crippen molar-refractivity contribution in [2.45, 2.75) is 26.7 Å². The van der Waals surface area contributed by atoms with Crippen molar-refractivity contribution in [3.05, 3.63) is 26.6 Å². The quantitative estimate of drug-likeness (QED) is 0.616. The molecule has 0 aromatic carbocycles. The second-order valence-corrected chi connectivity index (χ2v) is 4.54. The van der Waals surface area contributed by atoms with Crippen molar-refractivity contribution in [3.63, 3.8) is 0 Å². The van der Waals surface area contributed by atoms with E-state index in [0.29, 0.717) is 21.4 Å². The van der Waals surface area contributed by atoms with E-state index in [2.05, 4.69) is 4.98 Å². The Morgan fingerprint density at radius 2 is 2.24 bits per heavy atom. The molecule has 0 radical (unpaired) electrons. The summed E-state index contributed by atoms with van der Waals surface area (Å²) in [5.41, 5.74) is 0.821. The SMILES string of the molecule is CCOC(=O)Cc1cc(I)c(C(F)F)nc1C. The third-order valence-corrected chi connectivity index (χ3v) is 3.01. The molecule has 6 heteroatoms. The summed E-state index contributed by atoms with van der Waals surface area (Å²) in [6, 6.07) is 1.56. The van der Waals surface area contributed by atoms with Gasteiger partial charge in [0.15, 0.2) is 0 Å². The van der Waals surface area contributed by atoms with Crippen molar-refractivity contribution in [2.24, 2.45) is 0 Å². The lowest BCUT2D eigenvalue weighted by molar-refractivity contribution is -0.142. The first-order valence-corrected chi connectivity index (χ1v) is 6.13. The highest BCUT2D eigenvalue weighted by Gasteiger charge is 2.17. The molecule has 0 saturated heterocycles. The molecule has 0 atom stereocenters. The first-order chi connectivity index (χ1) is 7.95. The number of nitrogens with zero attached hydrogens (tertiary/aromatic N) is 1. The van der Waals surface area contributed by atoms with E-state index in [0.717, 1.165) is 0 Å². The van der Waals surface area contributed by atoms with Gasteiger partial charge in [-0.15, -0.1) is 0 Å². The van der Waals surface area contributed by atoms with Gasteiger partial charge >= 0.3 is 5.97 Å². The Labute approximate surface area is 112 Å². The highest BCUT2D eigenvalue weighted by Crippen LogP contribution is 2.24. The number of esters is 1. The van der Waals surface area contributed by atoms with Crippen LogP contribution in [-0.2, 0) is 16.0 Å². The number of ether oxygens (including phenoxy) is 1. The molecule has 17 heavy (non-hydrogen) atoms. The molecule has 1 rings (SSSR count). The fourth-order valence-corrected chi connectivity index (χ4v) is 2.07. The monoisotopic (exact) mass is 355 g/mol. The summed E-state index contributed by atoms with van der Waals surface area (Å²) in [5.74, 6) is -0.377. The van der Waals surface area contributed by atoms with E-state index in [1.54, 1.807) is 42.5 Å². The van der Waals surface area contributed by atoms with Gasteiger partial charge in [-0.1, -0.05) is 0 Å². The molecule has 1 aromatic heterocycles. The van der Waals surface area contributed by atoms with Crippen molar-refractivity contribution in [3.8, 4) is 0 Å². The summed E-state index contributed by atoms with van der Waals surface area (Å²) < 4.78 is 30.3. The van der Waals surface area contributed by atoms with Crippen LogP contribution in [0, 0.1) is 10.5 Å². The molecule has 0 aliphatic rings. The lowest BCUT2D eigenvalue weighted by atomic mass is 10.1. The molecule has 0 aliphatic heterocycles. The molecule has 3 nitrogen and oxygen atoms in total. The number of hydrogen-bond acceptors (Lipinski definition) is 3. The van der Waals surface area contributed by atoms with Crippen LogP contribution in [0.1, 0.15) is 30.3 Å². The van der Waals surface area contributed by atoms with E-state index in [1.165, 1.54) is 0 Å². The summed E-state index contributed by atoms with van der Waals surface area (Å²) in [6.07, 6.45) is -2.54. The number of carbonyl (C=O) groups is 1. The predicted molar refractivity (Wildman–Crippen MR) is 67.0 cm³/mol. The molecule has 0 amide bonds. The third kappa shape index (κ3) is 3.86. The highest BCUT2D eigenvalue weighted by molar-refractivity contribution is 14.1. The number of hydrogen-bond donors (Lipinski definition) is 0. The number of rotatable bonds is 4. The predicted octanol–water partition coefficient (Wildman–Crippen LogP) is 3.04. The van der Waals surface area contributed by atoms with Gasteiger partial charge in [-0.3, -0.25) is 9.78 Å². The first kappa shape index (κ1) is 14.3. The zero-order chi connectivity index (χ0) is 13.0. The van der Waals surface area contributed by atoms with Crippen LogP contribution >= 0.6 is 22.6 Å². The normalized spacial score (nSPS) is 10.7. The van der Waals surface area contributed by atoms with E-state index >= 15 is 0 Å². The van der Waals surface area contributed by atoms with Gasteiger partial charge in [-0.05, 0) is 48.1 Å². The molecule has 1 aromatic rings. The van der Waals surface area contributed by atoms with Crippen molar-refractivity contribution in [2.75, 3.05) is 6.61 Å². The summed E-state index contributed by atoms with van der Waals surface area (Å²) in [7, 11) is 0. The second kappa shape index (κ2) is 6.23. The van der Waals surface area contributed by atoms with E-state index in [1.807, 2.05) is 0 Å². The fraction of sp³-hybridized carbons (Fsp3) is 0.455. The lowest BCUT2D eigenvalue weighted by Gasteiger charge is -2.09. The minimum atomic E-state index is -2.60. The average molecular weight is 355 g/mol. The Bertz CT molecular complexity index is 424. The first-order valence-electron chi connectivity index (χ1n) is 5.05. The van der Waals surface area contributed by atoms with Crippen molar-refractivity contribution >= 4 is 28.6 Å². The molecule has 0 aliphatic carbocycles. The van der Waals surface area contributed by atoms with Crippen LogP contribution in [0.5, 0.6) is 0 Å². The number of halogens is 3. The summed E-state index contributed by atoms with van der Waals surface area (Å²) >= 11 is 1.79. The van der Waals surface area contributed by atoms with Crippen molar-refractivity contribution in [1.29, 1.82) is 0 Å². The topological polar surface area (TPSA) is 39.2 Å². The van der Waals surface area contributed by atoms with Crippen LogP contribution in [0.25, 0.3) is 0 Å².